The van der Waals surface area contributed by atoms with Crippen molar-refractivity contribution in [3.8, 4) is 17.2 Å². The van der Waals surface area contributed by atoms with Gasteiger partial charge in [-0.1, -0.05) is 24.3 Å². The van der Waals surface area contributed by atoms with Crippen molar-refractivity contribution in [3.05, 3.63) is 53.6 Å². The van der Waals surface area contributed by atoms with E-state index in [-0.39, 0.29) is 12.7 Å². The van der Waals surface area contributed by atoms with E-state index in [9.17, 15) is 4.79 Å². The second-order valence-corrected chi connectivity index (χ2v) is 8.26. The van der Waals surface area contributed by atoms with Crippen LogP contribution in [0.25, 0.3) is 0 Å². The Labute approximate surface area is 195 Å². The second kappa shape index (κ2) is 11.9. The van der Waals surface area contributed by atoms with Crippen LogP contribution in [-0.2, 0) is 22.5 Å². The number of methoxy groups -OCH3 is 1. The summed E-state index contributed by atoms with van der Waals surface area (Å²) in [4.78, 5) is 17.3. The zero-order valence-corrected chi connectivity index (χ0v) is 19.3. The molecule has 2 heterocycles. The quantitative estimate of drug-likeness (QED) is 0.555. The van der Waals surface area contributed by atoms with Gasteiger partial charge >= 0.3 is 0 Å². The fourth-order valence-electron chi connectivity index (χ4n) is 4.12. The van der Waals surface area contributed by atoms with Crippen molar-refractivity contribution in [3.63, 3.8) is 0 Å². The molecule has 1 N–H and O–H groups in total. The predicted molar refractivity (Wildman–Crippen MR) is 125 cm³/mol. The number of hydrogen-bond donors (Lipinski definition) is 1. The van der Waals surface area contributed by atoms with Crippen LogP contribution in [0.2, 0.25) is 0 Å². The maximum absolute atomic E-state index is 12.8. The first-order chi connectivity index (χ1) is 16.2. The van der Waals surface area contributed by atoms with Gasteiger partial charge in [0.1, 0.15) is 5.75 Å². The molecule has 0 unspecified atom stereocenters. The van der Waals surface area contributed by atoms with Crippen LogP contribution >= 0.6 is 0 Å². The average Bonchev–Trinajstić information content (AvgIpc) is 3.31. The normalized spacial score (nSPS) is 15.6. The molecule has 1 fully saturated rings. The van der Waals surface area contributed by atoms with E-state index in [0.29, 0.717) is 19.6 Å². The number of amides is 1. The van der Waals surface area contributed by atoms with Crippen LogP contribution < -0.4 is 19.5 Å². The molecule has 33 heavy (non-hydrogen) atoms. The number of rotatable bonds is 11. The number of fused-ring (bicyclic) bond motifs is 1. The molecule has 2 aromatic carbocycles. The SMILES string of the molecule is COc1ccccc1CCNC(=O)CN(CCN1CCOCC1)Cc1ccc2c(c1)OCO2. The maximum Gasteiger partial charge on any atom is 0.234 e. The van der Waals surface area contributed by atoms with Gasteiger partial charge in [-0.05, 0) is 35.7 Å². The van der Waals surface area contributed by atoms with Gasteiger partial charge in [-0.2, -0.15) is 0 Å². The van der Waals surface area contributed by atoms with Crippen LogP contribution in [0, 0.1) is 0 Å². The highest BCUT2D eigenvalue weighted by atomic mass is 16.7. The number of carbonyl (C=O) groups excluding carboxylic acids is 1. The summed E-state index contributed by atoms with van der Waals surface area (Å²) >= 11 is 0. The topological polar surface area (TPSA) is 72.5 Å². The Kier molecular flexibility index (Phi) is 8.41. The molecule has 0 saturated carbocycles. The van der Waals surface area contributed by atoms with Gasteiger partial charge in [-0.25, -0.2) is 0 Å². The molecule has 8 heteroatoms. The van der Waals surface area contributed by atoms with Gasteiger partial charge in [0, 0.05) is 39.3 Å². The van der Waals surface area contributed by atoms with Crippen LogP contribution in [0.5, 0.6) is 17.2 Å². The van der Waals surface area contributed by atoms with E-state index in [1.165, 1.54) is 0 Å². The number of hydrogen-bond acceptors (Lipinski definition) is 7. The van der Waals surface area contributed by atoms with Crippen molar-refractivity contribution >= 4 is 5.91 Å². The third-order valence-corrected chi connectivity index (χ3v) is 5.96. The second-order valence-electron chi connectivity index (χ2n) is 8.26. The van der Waals surface area contributed by atoms with E-state index in [1.807, 2.05) is 42.5 Å². The maximum atomic E-state index is 12.8. The number of ether oxygens (including phenoxy) is 4. The summed E-state index contributed by atoms with van der Waals surface area (Å²) in [5.74, 6) is 2.41. The fourth-order valence-corrected chi connectivity index (χ4v) is 4.12. The van der Waals surface area contributed by atoms with Gasteiger partial charge in [-0.15, -0.1) is 0 Å². The minimum atomic E-state index is 0.0209. The van der Waals surface area contributed by atoms with Crippen LogP contribution in [0.3, 0.4) is 0 Å². The Morgan fingerprint density at radius 1 is 1.12 bits per heavy atom. The highest BCUT2D eigenvalue weighted by Gasteiger charge is 2.18. The van der Waals surface area contributed by atoms with Crippen molar-refractivity contribution in [1.29, 1.82) is 0 Å². The summed E-state index contributed by atoms with van der Waals surface area (Å²) in [6.07, 6.45) is 0.728. The summed E-state index contributed by atoms with van der Waals surface area (Å²) in [6.45, 7) is 6.94. The van der Waals surface area contributed by atoms with E-state index in [4.69, 9.17) is 18.9 Å². The minimum absolute atomic E-state index is 0.0209. The number of para-hydroxylation sites is 1. The van der Waals surface area contributed by atoms with Crippen molar-refractivity contribution in [2.45, 2.75) is 13.0 Å². The monoisotopic (exact) mass is 455 g/mol. The molecule has 0 atom stereocenters. The summed E-state index contributed by atoms with van der Waals surface area (Å²) in [6, 6.07) is 13.9. The number of nitrogens with one attached hydrogen (secondary N) is 1. The fraction of sp³-hybridized carbons (Fsp3) is 0.480. The van der Waals surface area contributed by atoms with Gasteiger partial charge in [0.15, 0.2) is 11.5 Å². The zero-order valence-electron chi connectivity index (χ0n) is 19.3. The summed E-state index contributed by atoms with van der Waals surface area (Å²) < 4.78 is 21.8. The number of morpholine rings is 1. The number of carbonyl (C=O) groups is 1. The van der Waals surface area contributed by atoms with Crippen LogP contribution in [-0.4, -0.2) is 82.1 Å². The highest BCUT2D eigenvalue weighted by molar-refractivity contribution is 5.78. The molecule has 1 saturated heterocycles. The Morgan fingerprint density at radius 3 is 2.79 bits per heavy atom. The number of benzene rings is 2. The number of nitrogens with zero attached hydrogens (tertiary/aromatic N) is 2. The largest absolute Gasteiger partial charge is 0.496 e. The lowest BCUT2D eigenvalue weighted by atomic mass is 10.1. The molecule has 0 radical (unpaired) electrons. The minimum Gasteiger partial charge on any atom is -0.496 e. The van der Waals surface area contributed by atoms with Crippen LogP contribution in [0.15, 0.2) is 42.5 Å². The van der Waals surface area contributed by atoms with E-state index in [2.05, 4.69) is 15.1 Å². The smallest absolute Gasteiger partial charge is 0.234 e. The molecule has 8 nitrogen and oxygen atoms in total. The summed E-state index contributed by atoms with van der Waals surface area (Å²) in [7, 11) is 1.67. The molecule has 0 spiro atoms. The Morgan fingerprint density at radius 2 is 1.94 bits per heavy atom. The molecule has 2 aliphatic heterocycles. The van der Waals surface area contributed by atoms with Gasteiger partial charge in [0.2, 0.25) is 12.7 Å². The third kappa shape index (κ3) is 6.83. The summed E-state index contributed by atoms with van der Waals surface area (Å²) in [5, 5.41) is 3.06. The van der Waals surface area contributed by atoms with Crippen molar-refractivity contribution in [1.82, 2.24) is 15.1 Å². The predicted octanol–water partition coefficient (Wildman–Crippen LogP) is 1.92. The Balaban J connectivity index is 1.32. The molecule has 2 aromatic rings. The average molecular weight is 456 g/mol. The lowest BCUT2D eigenvalue weighted by Crippen LogP contribution is -2.44. The van der Waals surface area contributed by atoms with Crippen molar-refractivity contribution < 1.29 is 23.7 Å². The Bertz CT molecular complexity index is 917. The lowest BCUT2D eigenvalue weighted by Gasteiger charge is -2.30. The van der Waals surface area contributed by atoms with E-state index in [1.54, 1.807) is 7.11 Å². The first kappa shape index (κ1) is 23.4. The first-order valence-electron chi connectivity index (χ1n) is 11.5. The molecule has 0 aliphatic carbocycles. The molecule has 0 aromatic heterocycles. The molecule has 2 aliphatic rings. The van der Waals surface area contributed by atoms with Crippen LogP contribution in [0.1, 0.15) is 11.1 Å². The highest BCUT2D eigenvalue weighted by Crippen LogP contribution is 2.32. The van der Waals surface area contributed by atoms with Gasteiger partial charge in [-0.3, -0.25) is 14.6 Å². The van der Waals surface area contributed by atoms with E-state index in [0.717, 1.165) is 74.2 Å². The molecule has 0 bridgehead atoms. The van der Waals surface area contributed by atoms with E-state index < -0.39 is 0 Å². The van der Waals surface area contributed by atoms with Gasteiger partial charge in [0.25, 0.3) is 0 Å². The van der Waals surface area contributed by atoms with Crippen molar-refractivity contribution in [2.24, 2.45) is 0 Å². The zero-order chi connectivity index (χ0) is 22.9. The molecule has 4 rings (SSSR count). The standard InChI is InChI=1S/C25H33N3O5/c1-30-22-5-3-2-4-21(22)8-9-26-25(29)18-28(11-10-27-12-14-31-15-13-27)17-20-6-7-23-24(16-20)33-19-32-23/h2-7,16H,8-15,17-19H2,1H3,(H,26,29). The van der Waals surface area contributed by atoms with Gasteiger partial charge in [0.05, 0.1) is 26.9 Å². The van der Waals surface area contributed by atoms with Crippen LogP contribution in [0.4, 0.5) is 0 Å². The molecule has 178 valence electrons. The van der Waals surface area contributed by atoms with Gasteiger partial charge < -0.3 is 24.3 Å². The first-order valence-corrected chi connectivity index (χ1v) is 11.5. The third-order valence-electron chi connectivity index (χ3n) is 5.96. The molecule has 1 amide bonds. The molecular formula is C25H33N3O5. The van der Waals surface area contributed by atoms with Crippen molar-refractivity contribution in [2.75, 3.05) is 66.4 Å². The lowest BCUT2D eigenvalue weighted by molar-refractivity contribution is -0.122. The Hall–Kier alpha value is -2.81. The van der Waals surface area contributed by atoms with E-state index >= 15 is 0 Å². The molecular weight excluding hydrogens is 422 g/mol. The summed E-state index contributed by atoms with van der Waals surface area (Å²) in [5.41, 5.74) is 2.19.